The van der Waals surface area contributed by atoms with Crippen LogP contribution in [0, 0.1) is 0 Å². The molecule has 4 nitrogen and oxygen atoms in total. The molecule has 0 unspecified atom stereocenters. The van der Waals surface area contributed by atoms with Crippen molar-refractivity contribution in [1.82, 2.24) is 0 Å². The van der Waals surface area contributed by atoms with E-state index in [9.17, 15) is 4.79 Å². The zero-order chi connectivity index (χ0) is 13.4. The third-order valence-electron chi connectivity index (χ3n) is 2.25. The molecule has 0 saturated carbocycles. The Morgan fingerprint density at radius 1 is 1.33 bits per heavy atom. The van der Waals surface area contributed by atoms with Crippen molar-refractivity contribution in [2.45, 2.75) is 13.3 Å². The van der Waals surface area contributed by atoms with E-state index in [1.54, 1.807) is 12.1 Å². The minimum atomic E-state index is -0.960. The van der Waals surface area contributed by atoms with Crippen LogP contribution in [-0.4, -0.2) is 30.9 Å². The van der Waals surface area contributed by atoms with Crippen LogP contribution in [0.4, 0.5) is 0 Å². The fraction of sp³-hybridized carbons (Fsp3) is 0.357. The monoisotopic (exact) mass is 250 g/mol. The molecule has 0 spiro atoms. The van der Waals surface area contributed by atoms with Gasteiger partial charge < -0.3 is 14.6 Å². The van der Waals surface area contributed by atoms with Gasteiger partial charge in [-0.2, -0.15) is 0 Å². The van der Waals surface area contributed by atoms with Gasteiger partial charge in [-0.25, -0.2) is 4.79 Å². The first-order valence-electron chi connectivity index (χ1n) is 5.78. The zero-order valence-corrected chi connectivity index (χ0v) is 10.5. The molecule has 0 atom stereocenters. The average molecular weight is 250 g/mol. The largest absolute Gasteiger partial charge is 0.491 e. The Balaban J connectivity index is 2.25. The molecule has 1 aromatic rings. The van der Waals surface area contributed by atoms with E-state index in [0.29, 0.717) is 25.6 Å². The molecule has 0 aliphatic rings. The van der Waals surface area contributed by atoms with Gasteiger partial charge in [-0.15, -0.1) is 6.58 Å². The van der Waals surface area contributed by atoms with Gasteiger partial charge in [0.15, 0.2) is 0 Å². The lowest BCUT2D eigenvalue weighted by atomic mass is 10.2. The number of hydrogen-bond acceptors (Lipinski definition) is 3. The Kier molecular flexibility index (Phi) is 5.94. The van der Waals surface area contributed by atoms with Crippen molar-refractivity contribution in [3.63, 3.8) is 0 Å². The summed E-state index contributed by atoms with van der Waals surface area (Å²) in [4.78, 5) is 10.7. The van der Waals surface area contributed by atoms with Gasteiger partial charge in [0.1, 0.15) is 12.4 Å². The number of carboxylic acids is 1. The summed E-state index contributed by atoms with van der Waals surface area (Å²) in [5.74, 6) is -0.420. The van der Waals surface area contributed by atoms with E-state index in [2.05, 4.69) is 6.58 Å². The van der Waals surface area contributed by atoms with Crippen molar-refractivity contribution in [3.05, 3.63) is 42.0 Å². The SMILES string of the molecule is C=C(C)CCOCCOc1cccc(C(=O)O)c1. The van der Waals surface area contributed by atoms with Crippen LogP contribution >= 0.6 is 0 Å². The number of aromatic carboxylic acids is 1. The molecular weight excluding hydrogens is 232 g/mol. The lowest BCUT2D eigenvalue weighted by molar-refractivity contribution is 0.0696. The van der Waals surface area contributed by atoms with E-state index in [-0.39, 0.29) is 5.56 Å². The van der Waals surface area contributed by atoms with Crippen LogP contribution in [0.3, 0.4) is 0 Å². The second kappa shape index (κ2) is 7.50. The highest BCUT2D eigenvalue weighted by Gasteiger charge is 2.03. The van der Waals surface area contributed by atoms with Crippen LogP contribution in [0.2, 0.25) is 0 Å². The molecule has 98 valence electrons. The van der Waals surface area contributed by atoms with Gasteiger partial charge in [0.05, 0.1) is 18.8 Å². The van der Waals surface area contributed by atoms with Crippen LogP contribution in [0.25, 0.3) is 0 Å². The lowest BCUT2D eigenvalue weighted by Crippen LogP contribution is -2.08. The summed E-state index contributed by atoms with van der Waals surface area (Å²) in [5, 5.41) is 8.81. The number of carbonyl (C=O) groups is 1. The zero-order valence-electron chi connectivity index (χ0n) is 10.5. The van der Waals surface area contributed by atoms with Gasteiger partial charge in [-0.05, 0) is 31.5 Å². The molecule has 0 aliphatic heterocycles. The number of ether oxygens (including phenoxy) is 2. The summed E-state index contributed by atoms with van der Waals surface area (Å²) < 4.78 is 10.7. The Morgan fingerprint density at radius 2 is 2.11 bits per heavy atom. The number of hydrogen-bond donors (Lipinski definition) is 1. The van der Waals surface area contributed by atoms with Crippen LogP contribution < -0.4 is 4.74 Å². The third kappa shape index (κ3) is 5.50. The van der Waals surface area contributed by atoms with Crippen molar-refractivity contribution in [3.8, 4) is 5.75 Å². The molecule has 0 fully saturated rings. The Labute approximate surface area is 107 Å². The van der Waals surface area contributed by atoms with E-state index in [4.69, 9.17) is 14.6 Å². The lowest BCUT2D eigenvalue weighted by Gasteiger charge is -2.07. The van der Waals surface area contributed by atoms with Gasteiger partial charge >= 0.3 is 5.97 Å². The predicted molar refractivity (Wildman–Crippen MR) is 69.1 cm³/mol. The molecular formula is C14H18O4. The van der Waals surface area contributed by atoms with E-state index in [1.165, 1.54) is 12.1 Å². The minimum Gasteiger partial charge on any atom is -0.491 e. The summed E-state index contributed by atoms with van der Waals surface area (Å²) in [5.41, 5.74) is 1.31. The highest BCUT2D eigenvalue weighted by Crippen LogP contribution is 2.13. The van der Waals surface area contributed by atoms with Crippen LogP contribution in [0.1, 0.15) is 23.7 Å². The van der Waals surface area contributed by atoms with Gasteiger partial charge in [0, 0.05) is 0 Å². The molecule has 18 heavy (non-hydrogen) atoms. The van der Waals surface area contributed by atoms with Crippen molar-refractivity contribution >= 4 is 5.97 Å². The molecule has 0 bridgehead atoms. The first-order chi connectivity index (χ1) is 8.59. The first kappa shape index (κ1) is 14.3. The highest BCUT2D eigenvalue weighted by atomic mass is 16.5. The van der Waals surface area contributed by atoms with E-state index in [0.717, 1.165) is 12.0 Å². The average Bonchev–Trinajstić information content (AvgIpc) is 2.33. The first-order valence-corrected chi connectivity index (χ1v) is 5.78. The van der Waals surface area contributed by atoms with Gasteiger partial charge in [-0.1, -0.05) is 11.6 Å². The highest BCUT2D eigenvalue weighted by molar-refractivity contribution is 5.87. The topological polar surface area (TPSA) is 55.8 Å². The summed E-state index contributed by atoms with van der Waals surface area (Å²) in [6.07, 6.45) is 0.842. The van der Waals surface area contributed by atoms with E-state index >= 15 is 0 Å². The van der Waals surface area contributed by atoms with Crippen LogP contribution in [-0.2, 0) is 4.74 Å². The Bertz CT molecular complexity index is 412. The molecule has 0 radical (unpaired) electrons. The molecule has 0 aromatic heterocycles. The normalized spacial score (nSPS) is 10.1. The van der Waals surface area contributed by atoms with Crippen LogP contribution in [0.5, 0.6) is 5.75 Å². The number of carboxylic acid groups (broad SMARTS) is 1. The molecule has 0 saturated heterocycles. The molecule has 0 amide bonds. The standard InChI is InChI=1S/C14H18O4/c1-11(2)6-7-17-8-9-18-13-5-3-4-12(10-13)14(15)16/h3-5,10H,1,6-9H2,2H3,(H,15,16). The van der Waals surface area contributed by atoms with Gasteiger partial charge in [-0.3, -0.25) is 0 Å². The number of rotatable bonds is 8. The fourth-order valence-corrected chi connectivity index (χ4v) is 1.29. The molecule has 0 aliphatic carbocycles. The summed E-state index contributed by atoms with van der Waals surface area (Å²) >= 11 is 0. The Hall–Kier alpha value is -1.81. The summed E-state index contributed by atoms with van der Waals surface area (Å²) in [6, 6.07) is 6.40. The second-order valence-electron chi connectivity index (χ2n) is 4.00. The smallest absolute Gasteiger partial charge is 0.335 e. The van der Waals surface area contributed by atoms with Crippen molar-refractivity contribution in [2.24, 2.45) is 0 Å². The summed E-state index contributed by atoms with van der Waals surface area (Å²) in [7, 11) is 0. The molecule has 0 heterocycles. The summed E-state index contributed by atoms with van der Waals surface area (Å²) in [6.45, 7) is 7.25. The van der Waals surface area contributed by atoms with Crippen molar-refractivity contribution < 1.29 is 19.4 Å². The maximum atomic E-state index is 10.7. The van der Waals surface area contributed by atoms with E-state index in [1.807, 2.05) is 6.92 Å². The van der Waals surface area contributed by atoms with Crippen LogP contribution in [0.15, 0.2) is 36.4 Å². The maximum Gasteiger partial charge on any atom is 0.335 e. The van der Waals surface area contributed by atoms with Gasteiger partial charge in [0.25, 0.3) is 0 Å². The molecule has 1 N–H and O–H groups in total. The van der Waals surface area contributed by atoms with Crippen molar-refractivity contribution in [1.29, 1.82) is 0 Å². The van der Waals surface area contributed by atoms with E-state index < -0.39 is 5.97 Å². The maximum absolute atomic E-state index is 10.7. The minimum absolute atomic E-state index is 0.218. The third-order valence-corrected chi connectivity index (χ3v) is 2.25. The Morgan fingerprint density at radius 3 is 2.78 bits per heavy atom. The number of benzene rings is 1. The molecule has 1 aromatic carbocycles. The second-order valence-corrected chi connectivity index (χ2v) is 4.00. The fourth-order valence-electron chi connectivity index (χ4n) is 1.29. The molecule has 1 rings (SSSR count). The predicted octanol–water partition coefficient (Wildman–Crippen LogP) is 2.75. The van der Waals surface area contributed by atoms with Crippen molar-refractivity contribution in [2.75, 3.05) is 19.8 Å². The molecule has 4 heteroatoms. The quantitative estimate of drug-likeness (QED) is 0.569. The van der Waals surface area contributed by atoms with Gasteiger partial charge in [0.2, 0.25) is 0 Å².